The molecule has 1 aliphatic rings. The summed E-state index contributed by atoms with van der Waals surface area (Å²) in [6.07, 6.45) is 6.62. The fourth-order valence-corrected chi connectivity index (χ4v) is 2.11. The second-order valence-corrected chi connectivity index (χ2v) is 7.01. The number of aromatic nitrogens is 2. The predicted octanol–water partition coefficient (Wildman–Crippen LogP) is 3.05. The van der Waals surface area contributed by atoms with E-state index in [9.17, 15) is 0 Å². The van der Waals surface area contributed by atoms with Gasteiger partial charge in [-0.25, -0.2) is 9.97 Å². The van der Waals surface area contributed by atoms with Crippen LogP contribution in [-0.4, -0.2) is 15.5 Å². The van der Waals surface area contributed by atoms with Crippen molar-refractivity contribution in [1.29, 1.82) is 0 Å². The number of rotatable bonds is 4. The number of hydrogen-bond acceptors (Lipinski definition) is 3. The van der Waals surface area contributed by atoms with Crippen molar-refractivity contribution in [3.05, 3.63) is 23.8 Å². The lowest BCUT2D eigenvalue weighted by molar-refractivity contribution is 0.339. The Bertz CT molecular complexity index is 397. The van der Waals surface area contributed by atoms with E-state index in [-0.39, 0.29) is 11.0 Å². The van der Waals surface area contributed by atoms with Crippen LogP contribution >= 0.6 is 0 Å². The Morgan fingerprint density at radius 1 is 1.11 bits per heavy atom. The predicted molar refractivity (Wildman–Crippen MR) is 74.4 cm³/mol. The van der Waals surface area contributed by atoms with Crippen LogP contribution in [0.1, 0.15) is 58.8 Å². The monoisotopic (exact) mass is 247 g/mol. The average molecular weight is 247 g/mol. The van der Waals surface area contributed by atoms with Crippen molar-refractivity contribution in [3.63, 3.8) is 0 Å². The van der Waals surface area contributed by atoms with Crippen molar-refractivity contribution in [2.24, 2.45) is 5.92 Å². The summed E-state index contributed by atoms with van der Waals surface area (Å²) in [7, 11) is 0. The van der Waals surface area contributed by atoms with Crippen molar-refractivity contribution in [2.45, 2.75) is 65.0 Å². The highest BCUT2D eigenvalue weighted by Gasteiger charge is 2.37. The zero-order valence-corrected chi connectivity index (χ0v) is 12.2. The molecule has 3 heteroatoms. The van der Waals surface area contributed by atoms with Crippen molar-refractivity contribution < 1.29 is 0 Å². The van der Waals surface area contributed by atoms with Gasteiger partial charge in [0.1, 0.15) is 5.82 Å². The van der Waals surface area contributed by atoms with Gasteiger partial charge >= 0.3 is 0 Å². The number of hydrogen-bond donors (Lipinski definition) is 1. The average Bonchev–Trinajstić information content (AvgIpc) is 3.10. The Morgan fingerprint density at radius 3 is 2.11 bits per heavy atom. The summed E-state index contributed by atoms with van der Waals surface area (Å²) in [6, 6.07) is 0. The zero-order chi connectivity index (χ0) is 13.4. The summed E-state index contributed by atoms with van der Waals surface area (Å²) in [5, 5.41) is 3.62. The van der Waals surface area contributed by atoms with Crippen molar-refractivity contribution in [2.75, 3.05) is 0 Å². The van der Waals surface area contributed by atoms with Crippen LogP contribution in [0.5, 0.6) is 0 Å². The Kier molecular flexibility index (Phi) is 3.45. The van der Waals surface area contributed by atoms with Crippen LogP contribution in [0.4, 0.5) is 0 Å². The molecule has 1 aromatic rings. The third-order valence-corrected chi connectivity index (χ3v) is 3.72. The second kappa shape index (κ2) is 4.61. The molecule has 1 N–H and O–H groups in total. The lowest BCUT2D eigenvalue weighted by atomic mass is 9.95. The van der Waals surface area contributed by atoms with E-state index >= 15 is 0 Å². The molecule has 0 radical (unpaired) electrons. The van der Waals surface area contributed by atoms with Crippen LogP contribution < -0.4 is 5.32 Å². The SMILES string of the molecule is CC(C)(C)c1ncc(CNC(C)(C)C2CC2)cn1. The van der Waals surface area contributed by atoms with Gasteiger partial charge in [0.2, 0.25) is 0 Å². The maximum atomic E-state index is 4.46. The quantitative estimate of drug-likeness (QED) is 0.888. The Morgan fingerprint density at radius 2 is 1.67 bits per heavy atom. The van der Waals surface area contributed by atoms with Gasteiger partial charge in [0.15, 0.2) is 0 Å². The first-order valence-electron chi connectivity index (χ1n) is 6.85. The molecule has 100 valence electrons. The van der Waals surface area contributed by atoms with Gasteiger partial charge in [0.05, 0.1) is 0 Å². The minimum atomic E-state index is 0.0270. The molecule has 3 nitrogen and oxygen atoms in total. The van der Waals surface area contributed by atoms with E-state index in [4.69, 9.17) is 0 Å². The molecule has 0 amide bonds. The molecule has 1 aromatic heterocycles. The lowest BCUT2D eigenvalue weighted by Gasteiger charge is -2.26. The van der Waals surface area contributed by atoms with Crippen molar-refractivity contribution in [3.8, 4) is 0 Å². The van der Waals surface area contributed by atoms with Gasteiger partial charge in [-0.2, -0.15) is 0 Å². The molecule has 1 fully saturated rings. The van der Waals surface area contributed by atoms with E-state index in [1.807, 2.05) is 12.4 Å². The molecule has 1 heterocycles. The van der Waals surface area contributed by atoms with Crippen LogP contribution in [0.3, 0.4) is 0 Å². The third kappa shape index (κ3) is 3.29. The summed E-state index contributed by atoms with van der Waals surface area (Å²) in [4.78, 5) is 8.92. The van der Waals surface area contributed by atoms with E-state index in [1.54, 1.807) is 0 Å². The zero-order valence-electron chi connectivity index (χ0n) is 12.2. The molecule has 18 heavy (non-hydrogen) atoms. The fraction of sp³-hybridized carbons (Fsp3) is 0.733. The Hall–Kier alpha value is -0.960. The van der Waals surface area contributed by atoms with Crippen LogP contribution in [0, 0.1) is 5.92 Å². The molecular formula is C15H25N3. The van der Waals surface area contributed by atoms with Crippen LogP contribution in [0.25, 0.3) is 0 Å². The van der Waals surface area contributed by atoms with E-state index in [1.165, 1.54) is 12.8 Å². The van der Waals surface area contributed by atoms with Crippen molar-refractivity contribution in [1.82, 2.24) is 15.3 Å². The highest BCUT2D eigenvalue weighted by atomic mass is 15.0. The van der Waals surface area contributed by atoms with Crippen LogP contribution in [0.2, 0.25) is 0 Å². The van der Waals surface area contributed by atoms with Crippen LogP contribution in [-0.2, 0) is 12.0 Å². The standard InChI is InChI=1S/C15H25N3/c1-14(2,3)13-16-8-11(9-17-13)10-18-15(4,5)12-6-7-12/h8-9,12,18H,6-7,10H2,1-5H3. The molecule has 0 aromatic carbocycles. The highest BCUT2D eigenvalue weighted by molar-refractivity contribution is 5.10. The van der Waals surface area contributed by atoms with Gasteiger partial charge < -0.3 is 5.32 Å². The van der Waals surface area contributed by atoms with Gasteiger partial charge in [0, 0.05) is 35.5 Å². The van der Waals surface area contributed by atoms with E-state index in [0.29, 0.717) is 0 Å². The third-order valence-electron chi connectivity index (χ3n) is 3.72. The molecular weight excluding hydrogens is 222 g/mol. The molecule has 0 unspecified atom stereocenters. The molecule has 0 bridgehead atoms. The minimum absolute atomic E-state index is 0.0270. The van der Waals surface area contributed by atoms with Crippen molar-refractivity contribution >= 4 is 0 Å². The van der Waals surface area contributed by atoms with E-state index < -0.39 is 0 Å². The Labute approximate surface area is 110 Å². The highest BCUT2D eigenvalue weighted by Crippen LogP contribution is 2.39. The maximum Gasteiger partial charge on any atom is 0.133 e. The summed E-state index contributed by atoms with van der Waals surface area (Å²) in [5.74, 6) is 1.75. The first-order valence-corrected chi connectivity index (χ1v) is 6.85. The summed E-state index contributed by atoms with van der Waals surface area (Å²) in [5.41, 5.74) is 1.43. The summed E-state index contributed by atoms with van der Waals surface area (Å²) < 4.78 is 0. The molecule has 0 aliphatic heterocycles. The first kappa shape index (κ1) is 13.5. The second-order valence-electron chi connectivity index (χ2n) is 7.01. The first-order chi connectivity index (χ1) is 8.29. The van der Waals surface area contributed by atoms with Gasteiger partial charge in [-0.3, -0.25) is 0 Å². The molecule has 2 rings (SSSR count). The normalized spacial score (nSPS) is 16.9. The fourth-order valence-electron chi connectivity index (χ4n) is 2.11. The Balaban J connectivity index is 1.94. The molecule has 1 saturated carbocycles. The lowest BCUT2D eigenvalue weighted by Crippen LogP contribution is -2.40. The van der Waals surface area contributed by atoms with E-state index in [0.717, 1.165) is 23.9 Å². The van der Waals surface area contributed by atoms with Gasteiger partial charge in [-0.15, -0.1) is 0 Å². The summed E-state index contributed by atoms with van der Waals surface area (Å²) in [6.45, 7) is 11.8. The molecule has 0 saturated heterocycles. The van der Waals surface area contributed by atoms with Gasteiger partial charge in [-0.1, -0.05) is 20.8 Å². The minimum Gasteiger partial charge on any atom is -0.307 e. The van der Waals surface area contributed by atoms with Gasteiger partial charge in [-0.05, 0) is 32.6 Å². The van der Waals surface area contributed by atoms with Gasteiger partial charge in [0.25, 0.3) is 0 Å². The molecule has 0 spiro atoms. The number of nitrogens with zero attached hydrogens (tertiary/aromatic N) is 2. The smallest absolute Gasteiger partial charge is 0.133 e. The topological polar surface area (TPSA) is 37.8 Å². The summed E-state index contributed by atoms with van der Waals surface area (Å²) >= 11 is 0. The van der Waals surface area contributed by atoms with Crippen LogP contribution in [0.15, 0.2) is 12.4 Å². The number of nitrogens with one attached hydrogen (secondary N) is 1. The van der Waals surface area contributed by atoms with E-state index in [2.05, 4.69) is 49.9 Å². The molecule has 1 aliphatic carbocycles. The molecule has 0 atom stereocenters. The largest absolute Gasteiger partial charge is 0.307 e. The maximum absolute atomic E-state index is 4.46.